The van der Waals surface area contributed by atoms with Crippen LogP contribution in [0.4, 0.5) is 5.82 Å². The Morgan fingerprint density at radius 3 is 2.39 bits per heavy atom. The Bertz CT molecular complexity index is 397. The summed E-state index contributed by atoms with van der Waals surface area (Å²) < 4.78 is 0. The molecule has 1 aromatic heterocycles. The minimum absolute atomic E-state index is 0.407. The van der Waals surface area contributed by atoms with Crippen LogP contribution < -0.4 is 4.90 Å². The fourth-order valence-electron chi connectivity index (χ4n) is 2.35. The highest BCUT2D eigenvalue weighted by Gasteiger charge is 2.29. The van der Waals surface area contributed by atoms with Gasteiger partial charge in [0.25, 0.3) is 0 Å². The van der Waals surface area contributed by atoms with Crippen molar-refractivity contribution in [2.75, 3.05) is 18.0 Å². The van der Waals surface area contributed by atoms with Crippen LogP contribution >= 0.6 is 0 Å². The van der Waals surface area contributed by atoms with Crippen molar-refractivity contribution in [3.63, 3.8) is 0 Å². The topological polar surface area (TPSA) is 36.4 Å². The van der Waals surface area contributed by atoms with E-state index in [1.165, 1.54) is 25.7 Å². The van der Waals surface area contributed by atoms with Gasteiger partial charge in [-0.1, -0.05) is 0 Å². The van der Waals surface area contributed by atoms with E-state index in [-0.39, 0.29) is 0 Å². The van der Waals surface area contributed by atoms with Gasteiger partial charge in [0.15, 0.2) is 0 Å². The number of aliphatic hydroxyl groups is 1. The first-order valence-corrected chi connectivity index (χ1v) is 7.11. The van der Waals surface area contributed by atoms with Crippen molar-refractivity contribution in [2.45, 2.75) is 38.7 Å². The van der Waals surface area contributed by atoms with Gasteiger partial charge in [0, 0.05) is 19.3 Å². The largest absolute Gasteiger partial charge is 0.389 e. The molecule has 0 spiro atoms. The quantitative estimate of drug-likeness (QED) is 0.838. The second-order valence-electron chi connectivity index (χ2n) is 5.92. The summed E-state index contributed by atoms with van der Waals surface area (Å²) in [7, 11) is 0. The van der Waals surface area contributed by atoms with Crippen LogP contribution in [0.2, 0.25) is 0 Å². The SMILES string of the molecule is C[C@@H](O)c1ccnc(N(CC2CC2)CC2CC2)c1. The molecule has 1 N–H and O–H groups in total. The van der Waals surface area contributed by atoms with Gasteiger partial charge in [0.2, 0.25) is 0 Å². The highest BCUT2D eigenvalue weighted by atomic mass is 16.3. The Labute approximate surface area is 109 Å². The lowest BCUT2D eigenvalue weighted by Crippen LogP contribution is -2.29. The molecule has 2 fully saturated rings. The van der Waals surface area contributed by atoms with E-state index in [1.54, 1.807) is 0 Å². The van der Waals surface area contributed by atoms with Gasteiger partial charge in [-0.3, -0.25) is 0 Å². The monoisotopic (exact) mass is 246 g/mol. The first-order valence-electron chi connectivity index (χ1n) is 7.11. The molecule has 18 heavy (non-hydrogen) atoms. The molecule has 98 valence electrons. The Hall–Kier alpha value is -1.09. The number of nitrogens with zero attached hydrogens (tertiary/aromatic N) is 2. The van der Waals surface area contributed by atoms with Crippen molar-refractivity contribution in [2.24, 2.45) is 11.8 Å². The van der Waals surface area contributed by atoms with Crippen molar-refractivity contribution >= 4 is 5.82 Å². The van der Waals surface area contributed by atoms with E-state index in [1.807, 2.05) is 19.2 Å². The highest BCUT2D eigenvalue weighted by Crippen LogP contribution is 2.35. The number of anilines is 1. The summed E-state index contributed by atoms with van der Waals surface area (Å²) in [6, 6.07) is 3.95. The van der Waals surface area contributed by atoms with Crippen molar-refractivity contribution in [3.8, 4) is 0 Å². The molecule has 2 aliphatic carbocycles. The number of pyridine rings is 1. The zero-order chi connectivity index (χ0) is 12.5. The summed E-state index contributed by atoms with van der Waals surface area (Å²) in [4.78, 5) is 6.93. The molecule has 3 nitrogen and oxygen atoms in total. The predicted molar refractivity (Wildman–Crippen MR) is 72.5 cm³/mol. The molecule has 0 amide bonds. The third kappa shape index (κ3) is 3.02. The van der Waals surface area contributed by atoms with E-state index in [0.29, 0.717) is 0 Å². The maximum absolute atomic E-state index is 9.67. The third-order valence-electron chi connectivity index (χ3n) is 3.93. The lowest BCUT2D eigenvalue weighted by molar-refractivity contribution is 0.199. The molecule has 3 rings (SSSR count). The van der Waals surface area contributed by atoms with Gasteiger partial charge < -0.3 is 10.0 Å². The second kappa shape index (κ2) is 4.88. The van der Waals surface area contributed by atoms with Gasteiger partial charge in [-0.2, -0.15) is 0 Å². The molecule has 2 saturated carbocycles. The normalized spacial score (nSPS) is 20.8. The number of rotatable bonds is 6. The molecule has 0 aliphatic heterocycles. The Morgan fingerprint density at radius 2 is 1.89 bits per heavy atom. The average molecular weight is 246 g/mol. The molecule has 1 aromatic rings. The Morgan fingerprint density at radius 1 is 1.28 bits per heavy atom. The number of hydrogen-bond donors (Lipinski definition) is 1. The smallest absolute Gasteiger partial charge is 0.128 e. The average Bonchev–Trinajstić information content (AvgIpc) is 3.23. The van der Waals surface area contributed by atoms with Crippen LogP contribution in [-0.4, -0.2) is 23.2 Å². The first-order chi connectivity index (χ1) is 8.72. The van der Waals surface area contributed by atoms with Gasteiger partial charge in [0.1, 0.15) is 5.82 Å². The van der Waals surface area contributed by atoms with E-state index < -0.39 is 6.10 Å². The van der Waals surface area contributed by atoms with E-state index in [0.717, 1.165) is 36.3 Å². The molecule has 0 radical (unpaired) electrons. The Kier molecular flexibility index (Phi) is 3.25. The summed E-state index contributed by atoms with van der Waals surface area (Å²) in [5.41, 5.74) is 0.969. The lowest BCUT2D eigenvalue weighted by Gasteiger charge is -2.24. The van der Waals surface area contributed by atoms with Gasteiger partial charge >= 0.3 is 0 Å². The summed E-state index contributed by atoms with van der Waals surface area (Å²) >= 11 is 0. The van der Waals surface area contributed by atoms with Gasteiger partial charge in [0.05, 0.1) is 6.10 Å². The van der Waals surface area contributed by atoms with Crippen LogP contribution in [0.15, 0.2) is 18.3 Å². The summed E-state index contributed by atoms with van der Waals surface area (Å²) in [5, 5.41) is 9.67. The molecule has 2 aliphatic rings. The minimum atomic E-state index is -0.407. The zero-order valence-electron chi connectivity index (χ0n) is 11.0. The molecule has 0 unspecified atom stereocenters. The van der Waals surface area contributed by atoms with E-state index in [9.17, 15) is 5.11 Å². The number of aromatic nitrogens is 1. The minimum Gasteiger partial charge on any atom is -0.389 e. The van der Waals surface area contributed by atoms with Crippen LogP contribution in [0.5, 0.6) is 0 Å². The zero-order valence-corrected chi connectivity index (χ0v) is 11.0. The summed E-state index contributed by atoms with van der Waals surface area (Å²) in [6.07, 6.45) is 6.91. The maximum atomic E-state index is 9.67. The van der Waals surface area contributed by atoms with Gasteiger partial charge in [-0.05, 0) is 62.1 Å². The summed E-state index contributed by atoms with van der Waals surface area (Å²) in [6.45, 7) is 4.10. The molecule has 0 bridgehead atoms. The molecular weight excluding hydrogens is 224 g/mol. The van der Waals surface area contributed by atoms with Crippen LogP contribution in [-0.2, 0) is 0 Å². The van der Waals surface area contributed by atoms with E-state index >= 15 is 0 Å². The summed E-state index contributed by atoms with van der Waals surface area (Å²) in [5.74, 6) is 2.80. The predicted octanol–water partition coefficient (Wildman–Crippen LogP) is 2.76. The van der Waals surface area contributed by atoms with Crippen molar-refractivity contribution in [1.82, 2.24) is 4.98 Å². The Balaban J connectivity index is 1.75. The van der Waals surface area contributed by atoms with E-state index in [4.69, 9.17) is 0 Å². The molecule has 1 heterocycles. The standard InChI is InChI=1S/C15H22N2O/c1-11(18)14-6-7-16-15(8-14)17(9-12-2-3-12)10-13-4-5-13/h6-8,11-13,18H,2-5,9-10H2,1H3/t11-/m1/s1. The van der Waals surface area contributed by atoms with Crippen LogP contribution in [0, 0.1) is 11.8 Å². The van der Waals surface area contributed by atoms with Crippen LogP contribution in [0.3, 0.4) is 0 Å². The third-order valence-corrected chi connectivity index (χ3v) is 3.93. The second-order valence-corrected chi connectivity index (χ2v) is 5.92. The number of hydrogen-bond acceptors (Lipinski definition) is 3. The van der Waals surface area contributed by atoms with Crippen LogP contribution in [0.1, 0.15) is 44.3 Å². The fourth-order valence-corrected chi connectivity index (χ4v) is 2.35. The molecule has 0 saturated heterocycles. The van der Waals surface area contributed by atoms with Crippen molar-refractivity contribution < 1.29 is 5.11 Å². The number of aliphatic hydroxyl groups excluding tert-OH is 1. The van der Waals surface area contributed by atoms with Crippen LogP contribution in [0.25, 0.3) is 0 Å². The lowest BCUT2D eigenvalue weighted by atomic mass is 10.1. The van der Waals surface area contributed by atoms with Gasteiger partial charge in [-0.25, -0.2) is 4.98 Å². The van der Waals surface area contributed by atoms with Crippen molar-refractivity contribution in [1.29, 1.82) is 0 Å². The molecule has 1 atom stereocenters. The molecule has 0 aromatic carbocycles. The van der Waals surface area contributed by atoms with Crippen molar-refractivity contribution in [3.05, 3.63) is 23.9 Å². The fraction of sp³-hybridized carbons (Fsp3) is 0.667. The van der Waals surface area contributed by atoms with Gasteiger partial charge in [-0.15, -0.1) is 0 Å². The highest BCUT2D eigenvalue weighted by molar-refractivity contribution is 5.42. The maximum Gasteiger partial charge on any atom is 0.128 e. The molecule has 3 heteroatoms. The molecular formula is C15H22N2O. The van der Waals surface area contributed by atoms with E-state index in [2.05, 4.69) is 16.0 Å². The first kappa shape index (κ1) is 12.0.